The van der Waals surface area contributed by atoms with Crippen LogP contribution < -0.4 is 20.7 Å². The van der Waals surface area contributed by atoms with Gasteiger partial charge in [0.25, 0.3) is 0 Å². The molecule has 1 unspecified atom stereocenters. The van der Waals surface area contributed by atoms with E-state index in [-0.39, 0.29) is 6.04 Å². The number of hydrazine groups is 1. The van der Waals surface area contributed by atoms with Gasteiger partial charge < -0.3 is 9.47 Å². The van der Waals surface area contributed by atoms with Crippen LogP contribution in [0.3, 0.4) is 0 Å². The predicted molar refractivity (Wildman–Crippen MR) is 87.9 cm³/mol. The Morgan fingerprint density at radius 1 is 1.14 bits per heavy atom. The van der Waals surface area contributed by atoms with Gasteiger partial charge in [0.05, 0.1) is 30.8 Å². The van der Waals surface area contributed by atoms with Crippen molar-refractivity contribution in [2.24, 2.45) is 5.84 Å². The Bertz CT molecular complexity index is 615. The fourth-order valence-corrected chi connectivity index (χ4v) is 2.72. The second-order valence-electron chi connectivity index (χ2n) is 4.35. The Morgan fingerprint density at radius 2 is 1.76 bits per heavy atom. The van der Waals surface area contributed by atoms with Gasteiger partial charge in [0.1, 0.15) is 11.5 Å². The van der Waals surface area contributed by atoms with E-state index in [1.807, 2.05) is 36.4 Å². The highest BCUT2D eigenvalue weighted by molar-refractivity contribution is 9.10. The molecule has 0 amide bonds. The van der Waals surface area contributed by atoms with Gasteiger partial charge in [0.2, 0.25) is 0 Å². The number of rotatable bonds is 5. The molecule has 0 saturated heterocycles. The van der Waals surface area contributed by atoms with Gasteiger partial charge in [-0.1, -0.05) is 23.7 Å². The zero-order chi connectivity index (χ0) is 15.4. The number of nitrogens with two attached hydrogens (primary N) is 1. The zero-order valence-electron chi connectivity index (χ0n) is 11.7. The van der Waals surface area contributed by atoms with E-state index < -0.39 is 0 Å². The van der Waals surface area contributed by atoms with Crippen molar-refractivity contribution in [2.75, 3.05) is 14.2 Å². The lowest BCUT2D eigenvalue weighted by atomic mass is 9.97. The average Bonchev–Trinajstić information content (AvgIpc) is 2.51. The van der Waals surface area contributed by atoms with Crippen LogP contribution in [0.2, 0.25) is 5.02 Å². The maximum Gasteiger partial charge on any atom is 0.127 e. The van der Waals surface area contributed by atoms with E-state index in [1.54, 1.807) is 14.2 Å². The number of methoxy groups -OCH3 is 2. The molecule has 0 spiro atoms. The van der Waals surface area contributed by atoms with Crippen LogP contribution in [0, 0.1) is 0 Å². The van der Waals surface area contributed by atoms with Crippen molar-refractivity contribution >= 4 is 27.5 Å². The molecule has 0 radical (unpaired) electrons. The molecule has 0 saturated carbocycles. The van der Waals surface area contributed by atoms with Crippen molar-refractivity contribution in [3.8, 4) is 11.5 Å². The number of hydrogen-bond donors (Lipinski definition) is 2. The molecule has 0 aliphatic heterocycles. The minimum absolute atomic E-state index is 0.287. The van der Waals surface area contributed by atoms with E-state index >= 15 is 0 Å². The third-order valence-corrected chi connectivity index (χ3v) is 4.41. The minimum atomic E-state index is -0.287. The lowest BCUT2D eigenvalue weighted by Crippen LogP contribution is -2.29. The molecular formula is C15H16BrClN2O2. The van der Waals surface area contributed by atoms with Crippen LogP contribution in [0.5, 0.6) is 11.5 Å². The second-order valence-corrected chi connectivity index (χ2v) is 5.61. The van der Waals surface area contributed by atoms with E-state index in [2.05, 4.69) is 21.4 Å². The molecule has 4 nitrogen and oxygen atoms in total. The van der Waals surface area contributed by atoms with Gasteiger partial charge in [0.15, 0.2) is 0 Å². The molecule has 6 heteroatoms. The average molecular weight is 372 g/mol. The Balaban J connectivity index is 2.57. The summed E-state index contributed by atoms with van der Waals surface area (Å²) in [6.07, 6.45) is 0. The van der Waals surface area contributed by atoms with Crippen molar-refractivity contribution < 1.29 is 9.47 Å². The van der Waals surface area contributed by atoms with Crippen LogP contribution in [0.15, 0.2) is 40.9 Å². The lowest BCUT2D eigenvalue weighted by Gasteiger charge is -2.22. The summed E-state index contributed by atoms with van der Waals surface area (Å²) >= 11 is 9.47. The van der Waals surface area contributed by atoms with E-state index in [0.29, 0.717) is 16.5 Å². The van der Waals surface area contributed by atoms with Crippen LogP contribution in [-0.2, 0) is 0 Å². The summed E-state index contributed by atoms with van der Waals surface area (Å²) in [7, 11) is 3.23. The summed E-state index contributed by atoms with van der Waals surface area (Å²) < 4.78 is 11.7. The van der Waals surface area contributed by atoms with Crippen molar-refractivity contribution in [3.05, 3.63) is 57.0 Å². The molecule has 2 aromatic rings. The monoisotopic (exact) mass is 370 g/mol. The van der Waals surface area contributed by atoms with Gasteiger partial charge >= 0.3 is 0 Å². The standard InChI is InChI=1S/C15H16BrClN2O2/c1-20-12-4-3-5-13(21-2)14(12)15(19-18)9-6-7-11(17)10(16)8-9/h3-8,15,19H,18H2,1-2H3. The minimum Gasteiger partial charge on any atom is -0.496 e. The first-order chi connectivity index (χ1) is 10.1. The first kappa shape index (κ1) is 16.1. The number of nitrogens with one attached hydrogen (secondary N) is 1. The van der Waals surface area contributed by atoms with Crippen LogP contribution in [0.4, 0.5) is 0 Å². The highest BCUT2D eigenvalue weighted by Crippen LogP contribution is 2.38. The number of benzene rings is 2. The van der Waals surface area contributed by atoms with Gasteiger partial charge in [-0.25, -0.2) is 5.43 Å². The van der Waals surface area contributed by atoms with Crippen LogP contribution in [0.25, 0.3) is 0 Å². The summed E-state index contributed by atoms with van der Waals surface area (Å²) in [6, 6.07) is 11.0. The van der Waals surface area contributed by atoms with Gasteiger partial charge in [-0.05, 0) is 45.8 Å². The van der Waals surface area contributed by atoms with Gasteiger partial charge in [0, 0.05) is 4.47 Å². The van der Waals surface area contributed by atoms with Crippen LogP contribution in [0.1, 0.15) is 17.2 Å². The Kier molecular flexibility index (Phi) is 5.47. The largest absolute Gasteiger partial charge is 0.496 e. The third kappa shape index (κ3) is 3.32. The first-order valence-electron chi connectivity index (χ1n) is 6.24. The fraction of sp³-hybridized carbons (Fsp3) is 0.200. The van der Waals surface area contributed by atoms with Crippen molar-refractivity contribution in [3.63, 3.8) is 0 Å². The van der Waals surface area contributed by atoms with Crippen molar-refractivity contribution in [2.45, 2.75) is 6.04 Å². The van der Waals surface area contributed by atoms with Crippen molar-refractivity contribution in [1.82, 2.24) is 5.43 Å². The molecular weight excluding hydrogens is 356 g/mol. The molecule has 3 N–H and O–H groups in total. The molecule has 0 aliphatic carbocycles. The topological polar surface area (TPSA) is 56.5 Å². The second kappa shape index (κ2) is 7.13. The molecule has 2 rings (SSSR count). The van der Waals surface area contributed by atoms with Gasteiger partial charge in [-0.2, -0.15) is 0 Å². The van der Waals surface area contributed by atoms with Gasteiger partial charge in [-0.15, -0.1) is 0 Å². The zero-order valence-corrected chi connectivity index (χ0v) is 14.0. The van der Waals surface area contributed by atoms with E-state index in [0.717, 1.165) is 15.6 Å². The number of hydrogen-bond acceptors (Lipinski definition) is 4. The predicted octanol–water partition coefficient (Wildman–Crippen LogP) is 3.67. The Morgan fingerprint density at radius 3 is 2.24 bits per heavy atom. The van der Waals surface area contributed by atoms with E-state index in [9.17, 15) is 0 Å². The SMILES string of the molecule is COc1cccc(OC)c1C(NN)c1ccc(Cl)c(Br)c1. The van der Waals surface area contributed by atoms with Crippen LogP contribution >= 0.6 is 27.5 Å². The molecule has 0 heterocycles. The fourth-order valence-electron chi connectivity index (χ4n) is 2.20. The highest BCUT2D eigenvalue weighted by Gasteiger charge is 2.22. The summed E-state index contributed by atoms with van der Waals surface area (Å²) in [6.45, 7) is 0. The molecule has 112 valence electrons. The molecule has 21 heavy (non-hydrogen) atoms. The maximum absolute atomic E-state index is 6.04. The smallest absolute Gasteiger partial charge is 0.127 e. The molecule has 0 aliphatic rings. The molecule has 0 bridgehead atoms. The van der Waals surface area contributed by atoms with Gasteiger partial charge in [-0.3, -0.25) is 5.84 Å². The number of halogens is 2. The quantitative estimate of drug-likeness (QED) is 0.622. The van der Waals surface area contributed by atoms with E-state index in [4.69, 9.17) is 26.9 Å². The normalized spacial score (nSPS) is 12.0. The Labute approximate surface area is 137 Å². The summed E-state index contributed by atoms with van der Waals surface area (Å²) in [4.78, 5) is 0. The van der Waals surface area contributed by atoms with E-state index in [1.165, 1.54) is 0 Å². The summed E-state index contributed by atoms with van der Waals surface area (Å²) in [5, 5.41) is 0.640. The van der Waals surface area contributed by atoms with Crippen LogP contribution in [-0.4, -0.2) is 14.2 Å². The summed E-state index contributed by atoms with van der Waals surface area (Å²) in [5.74, 6) is 7.16. The molecule has 0 fully saturated rings. The molecule has 1 atom stereocenters. The Hall–Kier alpha value is -1.27. The first-order valence-corrected chi connectivity index (χ1v) is 7.41. The number of ether oxygens (including phenoxy) is 2. The third-order valence-electron chi connectivity index (χ3n) is 3.20. The molecule has 2 aromatic carbocycles. The summed E-state index contributed by atoms with van der Waals surface area (Å²) in [5.41, 5.74) is 4.58. The van der Waals surface area contributed by atoms with Crippen molar-refractivity contribution in [1.29, 1.82) is 0 Å². The lowest BCUT2D eigenvalue weighted by molar-refractivity contribution is 0.377. The highest BCUT2D eigenvalue weighted by atomic mass is 79.9. The molecule has 0 aromatic heterocycles. The maximum atomic E-state index is 6.04.